The Labute approximate surface area is 107 Å². The van der Waals surface area contributed by atoms with E-state index in [1.54, 1.807) is 13.8 Å². The van der Waals surface area contributed by atoms with Crippen molar-refractivity contribution in [1.82, 2.24) is 0 Å². The van der Waals surface area contributed by atoms with Crippen LogP contribution >= 0.6 is 0 Å². The van der Waals surface area contributed by atoms with Crippen molar-refractivity contribution in [1.29, 1.82) is 0 Å². The summed E-state index contributed by atoms with van der Waals surface area (Å²) in [6, 6.07) is 9.86. The molecule has 0 bridgehead atoms. The van der Waals surface area contributed by atoms with Crippen molar-refractivity contribution in [2.24, 2.45) is 0 Å². The molecule has 0 N–H and O–H groups in total. The highest BCUT2D eigenvalue weighted by Gasteiger charge is 2.25. The van der Waals surface area contributed by atoms with Gasteiger partial charge in [-0.05, 0) is 25.5 Å². The summed E-state index contributed by atoms with van der Waals surface area (Å²) in [5, 5.41) is 0. The van der Waals surface area contributed by atoms with Crippen LogP contribution in [-0.4, -0.2) is 19.2 Å². The first-order chi connectivity index (χ1) is 8.72. The smallest absolute Gasteiger partial charge is 0.341 e. The van der Waals surface area contributed by atoms with Crippen LogP contribution in [0.1, 0.15) is 19.4 Å². The predicted molar refractivity (Wildman–Crippen MR) is 69.7 cm³/mol. The molecular weight excluding hydrogens is 228 g/mol. The van der Waals surface area contributed by atoms with Gasteiger partial charge in [-0.3, -0.25) is 0 Å². The Morgan fingerprint density at radius 3 is 2.78 bits per heavy atom. The number of carbonyl (C=O) groups excluding carboxylic acids is 1. The molecule has 2 rings (SSSR count). The Morgan fingerprint density at radius 2 is 2.11 bits per heavy atom. The molecule has 1 heterocycles. The number of hydrogen-bond acceptors (Lipinski definition) is 3. The van der Waals surface area contributed by atoms with Crippen molar-refractivity contribution < 1.29 is 14.3 Å². The van der Waals surface area contributed by atoms with Crippen LogP contribution in [0.4, 0.5) is 0 Å². The maximum Gasteiger partial charge on any atom is 0.341 e. The highest BCUT2D eigenvalue weighted by atomic mass is 16.5. The fourth-order valence-electron chi connectivity index (χ4n) is 1.90. The summed E-state index contributed by atoms with van der Waals surface area (Å²) in [7, 11) is 0. The molecule has 1 aromatic rings. The van der Waals surface area contributed by atoms with E-state index in [-0.39, 0.29) is 5.97 Å². The lowest BCUT2D eigenvalue weighted by Gasteiger charge is -2.04. The largest absolute Gasteiger partial charge is 0.493 e. The van der Waals surface area contributed by atoms with E-state index in [2.05, 4.69) is 0 Å². The van der Waals surface area contributed by atoms with Gasteiger partial charge in [-0.25, -0.2) is 4.79 Å². The highest BCUT2D eigenvalue weighted by molar-refractivity contribution is 5.96. The molecule has 18 heavy (non-hydrogen) atoms. The SMILES string of the molecule is CCOC(=O)C1=C(C)OC/C1=C\c1ccccc1. The van der Waals surface area contributed by atoms with Gasteiger partial charge in [0.05, 0.1) is 6.61 Å². The Balaban J connectivity index is 2.29. The lowest BCUT2D eigenvalue weighted by Crippen LogP contribution is -2.09. The second-order valence-electron chi connectivity index (χ2n) is 4.02. The number of hydrogen-bond donors (Lipinski definition) is 0. The summed E-state index contributed by atoms with van der Waals surface area (Å²) in [4.78, 5) is 11.9. The van der Waals surface area contributed by atoms with Gasteiger partial charge < -0.3 is 9.47 Å². The topological polar surface area (TPSA) is 35.5 Å². The van der Waals surface area contributed by atoms with Crippen molar-refractivity contribution in [2.75, 3.05) is 13.2 Å². The minimum atomic E-state index is -0.310. The number of esters is 1. The first kappa shape index (κ1) is 12.4. The molecule has 0 radical (unpaired) electrons. The Hall–Kier alpha value is -2.03. The number of ether oxygens (including phenoxy) is 2. The van der Waals surface area contributed by atoms with E-state index in [9.17, 15) is 4.79 Å². The van der Waals surface area contributed by atoms with Gasteiger partial charge in [-0.1, -0.05) is 30.3 Å². The fraction of sp³-hybridized carbons (Fsp3) is 0.267. The Bertz CT molecular complexity index is 498. The molecule has 0 spiro atoms. The summed E-state index contributed by atoms with van der Waals surface area (Å²) in [6.07, 6.45) is 1.96. The third kappa shape index (κ3) is 2.62. The van der Waals surface area contributed by atoms with Crippen LogP contribution in [0.3, 0.4) is 0 Å². The maximum atomic E-state index is 11.9. The van der Waals surface area contributed by atoms with Gasteiger partial charge in [0.25, 0.3) is 0 Å². The van der Waals surface area contributed by atoms with Gasteiger partial charge in [-0.15, -0.1) is 0 Å². The molecule has 3 nitrogen and oxygen atoms in total. The predicted octanol–water partition coefficient (Wildman–Crippen LogP) is 2.94. The second kappa shape index (κ2) is 5.54. The number of allylic oxidation sites excluding steroid dienone is 1. The van der Waals surface area contributed by atoms with E-state index in [1.165, 1.54) is 0 Å². The van der Waals surface area contributed by atoms with E-state index < -0.39 is 0 Å². The number of rotatable bonds is 3. The van der Waals surface area contributed by atoms with Crippen LogP contribution in [0, 0.1) is 0 Å². The van der Waals surface area contributed by atoms with E-state index >= 15 is 0 Å². The van der Waals surface area contributed by atoms with Gasteiger partial charge in [0, 0.05) is 5.57 Å². The Morgan fingerprint density at radius 1 is 1.39 bits per heavy atom. The molecule has 0 aliphatic carbocycles. The van der Waals surface area contributed by atoms with Crippen molar-refractivity contribution in [3.63, 3.8) is 0 Å². The first-order valence-electron chi connectivity index (χ1n) is 5.99. The maximum absolute atomic E-state index is 11.9. The Kier molecular flexibility index (Phi) is 3.82. The molecule has 0 saturated carbocycles. The zero-order valence-corrected chi connectivity index (χ0v) is 10.6. The third-order valence-electron chi connectivity index (χ3n) is 2.74. The van der Waals surface area contributed by atoms with Gasteiger partial charge >= 0.3 is 5.97 Å². The quantitative estimate of drug-likeness (QED) is 0.767. The van der Waals surface area contributed by atoms with Gasteiger partial charge in [-0.2, -0.15) is 0 Å². The van der Waals surface area contributed by atoms with Crippen LogP contribution in [0.2, 0.25) is 0 Å². The van der Waals surface area contributed by atoms with Gasteiger partial charge in [0.15, 0.2) is 0 Å². The molecule has 0 atom stereocenters. The van der Waals surface area contributed by atoms with Crippen molar-refractivity contribution >= 4 is 12.0 Å². The zero-order valence-electron chi connectivity index (χ0n) is 10.6. The minimum absolute atomic E-state index is 0.310. The van der Waals surface area contributed by atoms with Crippen molar-refractivity contribution in [3.05, 3.63) is 52.8 Å². The first-order valence-corrected chi connectivity index (χ1v) is 5.99. The molecule has 1 aromatic carbocycles. The third-order valence-corrected chi connectivity index (χ3v) is 2.74. The zero-order chi connectivity index (χ0) is 13.0. The van der Waals surface area contributed by atoms with Crippen molar-refractivity contribution in [3.8, 4) is 0 Å². The average Bonchev–Trinajstić information content (AvgIpc) is 2.72. The standard InChI is InChI=1S/C15H16O3/c1-3-17-15(16)14-11(2)18-10-13(14)9-12-7-5-4-6-8-12/h4-9H,3,10H2,1-2H3/b13-9+. The summed E-state index contributed by atoms with van der Waals surface area (Å²) in [5.74, 6) is 0.324. The van der Waals surface area contributed by atoms with Crippen LogP contribution < -0.4 is 0 Å². The highest BCUT2D eigenvalue weighted by Crippen LogP contribution is 2.27. The molecule has 1 aliphatic heterocycles. The van der Waals surface area contributed by atoms with Gasteiger partial charge in [0.2, 0.25) is 0 Å². The van der Waals surface area contributed by atoms with E-state index in [0.29, 0.717) is 24.5 Å². The molecule has 0 amide bonds. The molecule has 0 aromatic heterocycles. The van der Waals surface area contributed by atoms with Gasteiger partial charge in [0.1, 0.15) is 17.9 Å². The lowest BCUT2D eigenvalue weighted by atomic mass is 10.0. The summed E-state index contributed by atoms with van der Waals surface area (Å²) in [5.41, 5.74) is 2.48. The summed E-state index contributed by atoms with van der Waals surface area (Å²) in [6.45, 7) is 4.38. The lowest BCUT2D eigenvalue weighted by molar-refractivity contribution is -0.138. The van der Waals surface area contributed by atoms with Crippen LogP contribution in [0.25, 0.3) is 6.08 Å². The average molecular weight is 244 g/mol. The normalized spacial score (nSPS) is 16.9. The second-order valence-corrected chi connectivity index (χ2v) is 4.02. The summed E-state index contributed by atoms with van der Waals surface area (Å²) < 4.78 is 10.5. The fourth-order valence-corrected chi connectivity index (χ4v) is 1.90. The van der Waals surface area contributed by atoms with E-state index in [4.69, 9.17) is 9.47 Å². The molecule has 0 saturated heterocycles. The molecule has 1 aliphatic rings. The monoisotopic (exact) mass is 244 g/mol. The number of benzene rings is 1. The molecule has 0 fully saturated rings. The summed E-state index contributed by atoms with van der Waals surface area (Å²) >= 11 is 0. The van der Waals surface area contributed by atoms with Crippen LogP contribution in [0.15, 0.2) is 47.2 Å². The van der Waals surface area contributed by atoms with Crippen LogP contribution in [-0.2, 0) is 14.3 Å². The van der Waals surface area contributed by atoms with Crippen LogP contribution in [0.5, 0.6) is 0 Å². The molecule has 3 heteroatoms. The van der Waals surface area contributed by atoms with E-state index in [0.717, 1.165) is 11.1 Å². The number of carbonyl (C=O) groups is 1. The molecule has 0 unspecified atom stereocenters. The van der Waals surface area contributed by atoms with Crippen molar-refractivity contribution in [2.45, 2.75) is 13.8 Å². The molecule has 94 valence electrons. The minimum Gasteiger partial charge on any atom is -0.493 e. The molecular formula is C15H16O3. The van der Waals surface area contributed by atoms with E-state index in [1.807, 2.05) is 36.4 Å².